The van der Waals surface area contributed by atoms with Gasteiger partial charge in [0.25, 0.3) is 0 Å². The molecule has 1 aliphatic heterocycles. The van der Waals surface area contributed by atoms with Crippen LogP contribution in [0, 0.1) is 28.6 Å². The van der Waals surface area contributed by atoms with Crippen LogP contribution in [-0.4, -0.2) is 42.6 Å². The molecule has 19 heavy (non-hydrogen) atoms. The average molecular weight is 286 g/mol. The third-order valence-corrected chi connectivity index (χ3v) is 5.92. The van der Waals surface area contributed by atoms with Crippen molar-refractivity contribution in [2.75, 3.05) is 18.8 Å². The molecular weight excluding hydrogens is 268 g/mol. The van der Waals surface area contributed by atoms with Crippen LogP contribution in [0.15, 0.2) is 0 Å². The van der Waals surface area contributed by atoms with Crippen LogP contribution in [0.4, 0.5) is 0 Å². The Morgan fingerprint density at radius 2 is 2.11 bits per heavy atom. The molecule has 2 rings (SSSR count). The number of hydrogen-bond acceptors (Lipinski definition) is 4. The molecule has 0 bridgehead atoms. The van der Waals surface area contributed by atoms with Crippen molar-refractivity contribution in [3.63, 3.8) is 0 Å². The summed E-state index contributed by atoms with van der Waals surface area (Å²) in [6, 6.07) is 2.07. The minimum Gasteiger partial charge on any atom is -0.481 e. The third kappa shape index (κ3) is 3.07. The van der Waals surface area contributed by atoms with E-state index in [4.69, 9.17) is 10.4 Å². The largest absolute Gasteiger partial charge is 0.481 e. The molecule has 1 aliphatic carbocycles. The Bertz CT molecular complexity index is 518. The van der Waals surface area contributed by atoms with Gasteiger partial charge in [0.2, 0.25) is 10.0 Å². The molecule has 1 N–H and O–H groups in total. The Balaban J connectivity index is 2.11. The number of rotatable bonds is 4. The van der Waals surface area contributed by atoms with Crippen molar-refractivity contribution >= 4 is 16.0 Å². The molecule has 1 saturated heterocycles. The maximum atomic E-state index is 12.3. The van der Waals surface area contributed by atoms with Crippen LogP contribution in [0.25, 0.3) is 0 Å². The van der Waals surface area contributed by atoms with Crippen molar-refractivity contribution in [1.82, 2.24) is 4.31 Å². The molecule has 0 radical (unpaired) electrons. The van der Waals surface area contributed by atoms with Crippen molar-refractivity contribution in [1.29, 1.82) is 5.26 Å². The monoisotopic (exact) mass is 286 g/mol. The van der Waals surface area contributed by atoms with E-state index in [0.717, 1.165) is 0 Å². The van der Waals surface area contributed by atoms with Gasteiger partial charge in [0.1, 0.15) is 0 Å². The van der Waals surface area contributed by atoms with Crippen LogP contribution in [0.3, 0.4) is 0 Å². The van der Waals surface area contributed by atoms with Crippen LogP contribution < -0.4 is 0 Å². The smallest absolute Gasteiger partial charge is 0.307 e. The van der Waals surface area contributed by atoms with E-state index >= 15 is 0 Å². The zero-order valence-corrected chi connectivity index (χ0v) is 11.7. The summed E-state index contributed by atoms with van der Waals surface area (Å²) >= 11 is 0. The minimum absolute atomic E-state index is 0.0295. The molecule has 0 spiro atoms. The summed E-state index contributed by atoms with van der Waals surface area (Å²) in [7, 11) is -3.54. The maximum Gasteiger partial charge on any atom is 0.307 e. The number of sulfonamides is 1. The van der Waals surface area contributed by atoms with Gasteiger partial charge in [-0.3, -0.25) is 4.79 Å². The third-order valence-electron chi connectivity index (χ3n) is 3.92. The summed E-state index contributed by atoms with van der Waals surface area (Å²) in [5.74, 6) is -1.74. The lowest BCUT2D eigenvalue weighted by Gasteiger charge is -2.34. The first-order valence-corrected chi connectivity index (χ1v) is 8.01. The molecule has 0 aromatic heterocycles. The van der Waals surface area contributed by atoms with Gasteiger partial charge in [-0.2, -0.15) is 5.26 Å². The maximum absolute atomic E-state index is 12.3. The summed E-state index contributed by atoms with van der Waals surface area (Å²) in [6.07, 6.45) is 1.74. The molecule has 2 atom stereocenters. The van der Waals surface area contributed by atoms with Gasteiger partial charge < -0.3 is 5.11 Å². The van der Waals surface area contributed by atoms with Gasteiger partial charge >= 0.3 is 5.97 Å². The number of aliphatic carboxylic acids is 1. The topological polar surface area (TPSA) is 98.5 Å². The molecule has 0 aromatic carbocycles. The molecule has 0 aromatic rings. The van der Waals surface area contributed by atoms with Gasteiger partial charge in [0, 0.05) is 13.1 Å². The number of carboxylic acid groups (broad SMARTS) is 1. The second kappa shape index (κ2) is 4.76. The normalized spacial score (nSPS) is 30.5. The second-order valence-corrected chi connectivity index (χ2v) is 7.81. The van der Waals surface area contributed by atoms with Crippen molar-refractivity contribution in [2.24, 2.45) is 17.3 Å². The van der Waals surface area contributed by atoms with E-state index in [1.54, 1.807) is 0 Å². The molecule has 106 valence electrons. The molecule has 0 amide bonds. The van der Waals surface area contributed by atoms with E-state index in [1.807, 2.05) is 6.92 Å². The lowest BCUT2D eigenvalue weighted by Crippen LogP contribution is -2.47. The Labute approximate surface area is 113 Å². The van der Waals surface area contributed by atoms with E-state index in [-0.39, 0.29) is 18.2 Å². The highest BCUT2D eigenvalue weighted by Gasteiger charge is 2.49. The van der Waals surface area contributed by atoms with Gasteiger partial charge in [0.15, 0.2) is 0 Å². The van der Waals surface area contributed by atoms with Gasteiger partial charge in [-0.05, 0) is 25.2 Å². The van der Waals surface area contributed by atoms with Crippen molar-refractivity contribution in [3.05, 3.63) is 0 Å². The Morgan fingerprint density at radius 1 is 1.47 bits per heavy atom. The lowest BCUT2D eigenvalue weighted by atomic mass is 9.92. The quantitative estimate of drug-likeness (QED) is 0.818. The fraction of sp³-hybridized carbons (Fsp3) is 0.833. The fourth-order valence-corrected chi connectivity index (χ4v) is 4.71. The molecule has 2 fully saturated rings. The molecular formula is C12H18N2O4S. The highest BCUT2D eigenvalue weighted by atomic mass is 32.2. The summed E-state index contributed by atoms with van der Waals surface area (Å²) < 4.78 is 25.9. The highest BCUT2D eigenvalue weighted by Crippen LogP contribution is 2.46. The summed E-state index contributed by atoms with van der Waals surface area (Å²) in [5.41, 5.74) is -0.724. The molecule has 2 unspecified atom stereocenters. The Morgan fingerprint density at radius 3 is 2.58 bits per heavy atom. The first-order valence-electron chi connectivity index (χ1n) is 6.40. The average Bonchev–Trinajstić information content (AvgIpc) is 3.08. The van der Waals surface area contributed by atoms with Crippen LogP contribution in [0.5, 0.6) is 0 Å². The first-order chi connectivity index (χ1) is 8.78. The van der Waals surface area contributed by atoms with E-state index in [0.29, 0.717) is 25.8 Å². The van der Waals surface area contributed by atoms with Crippen molar-refractivity contribution < 1.29 is 18.3 Å². The predicted molar refractivity (Wildman–Crippen MR) is 67.5 cm³/mol. The molecule has 7 heteroatoms. The number of carbonyl (C=O) groups is 1. The van der Waals surface area contributed by atoms with Crippen molar-refractivity contribution in [2.45, 2.75) is 26.2 Å². The number of nitrogens with zero attached hydrogens (tertiary/aromatic N) is 2. The Hall–Kier alpha value is -1.13. The van der Waals surface area contributed by atoms with Gasteiger partial charge in [-0.15, -0.1) is 0 Å². The standard InChI is InChI=1S/C12H18N2O4S/c1-9-4-10(11(15)16)6-14(5-9)19(17,18)8-12(7-13)2-3-12/h9-10H,2-6,8H2,1H3,(H,15,16). The summed E-state index contributed by atoms with van der Waals surface area (Å²) in [4.78, 5) is 11.1. The molecule has 1 saturated carbocycles. The number of piperidine rings is 1. The second-order valence-electron chi connectivity index (χ2n) is 5.84. The highest BCUT2D eigenvalue weighted by molar-refractivity contribution is 7.89. The van der Waals surface area contributed by atoms with Crippen LogP contribution >= 0.6 is 0 Å². The minimum atomic E-state index is -3.54. The molecule has 2 aliphatic rings. The van der Waals surface area contributed by atoms with Gasteiger partial charge in [-0.1, -0.05) is 6.92 Å². The van der Waals surface area contributed by atoms with E-state index in [2.05, 4.69) is 6.07 Å². The van der Waals surface area contributed by atoms with Crippen LogP contribution in [0.2, 0.25) is 0 Å². The van der Waals surface area contributed by atoms with Crippen LogP contribution in [-0.2, 0) is 14.8 Å². The Kier molecular flexibility index (Phi) is 3.58. The number of hydrogen-bond donors (Lipinski definition) is 1. The van der Waals surface area contributed by atoms with Gasteiger partial charge in [-0.25, -0.2) is 12.7 Å². The molecule has 1 heterocycles. The number of carboxylic acids is 1. The molecule has 6 nitrogen and oxygen atoms in total. The van der Waals surface area contributed by atoms with Crippen molar-refractivity contribution in [3.8, 4) is 6.07 Å². The summed E-state index contributed by atoms with van der Waals surface area (Å²) in [6.45, 7) is 2.24. The zero-order valence-electron chi connectivity index (χ0n) is 10.9. The van der Waals surface area contributed by atoms with E-state index < -0.39 is 27.3 Å². The van der Waals surface area contributed by atoms with Crippen LogP contribution in [0.1, 0.15) is 26.2 Å². The lowest BCUT2D eigenvalue weighted by molar-refractivity contribution is -0.143. The fourth-order valence-electron chi connectivity index (χ4n) is 2.59. The predicted octanol–water partition coefficient (Wildman–Crippen LogP) is 0.663. The summed E-state index contributed by atoms with van der Waals surface area (Å²) in [5, 5.41) is 18.0. The van der Waals surface area contributed by atoms with Gasteiger partial charge in [0.05, 0.1) is 23.2 Å². The number of nitriles is 1. The zero-order chi connectivity index (χ0) is 14.3. The SMILES string of the molecule is CC1CC(C(=O)O)CN(S(=O)(=O)CC2(C#N)CC2)C1. The first kappa shape index (κ1) is 14.3. The van der Waals surface area contributed by atoms with E-state index in [1.165, 1.54) is 4.31 Å². The van der Waals surface area contributed by atoms with E-state index in [9.17, 15) is 13.2 Å².